The maximum atomic E-state index is 11.6. The summed E-state index contributed by atoms with van der Waals surface area (Å²) in [6, 6.07) is 5.99. The minimum absolute atomic E-state index is 0.0165. The molecule has 2 rings (SSSR count). The van der Waals surface area contributed by atoms with Gasteiger partial charge in [0.15, 0.2) is 0 Å². The van der Waals surface area contributed by atoms with Gasteiger partial charge in [0.1, 0.15) is 5.75 Å². The Morgan fingerprint density at radius 3 is 3.15 bits per heavy atom. The van der Waals surface area contributed by atoms with E-state index in [1.807, 2.05) is 19.1 Å². The zero-order valence-corrected chi connectivity index (χ0v) is 11.8. The monoisotopic (exact) mass is 278 g/mol. The maximum absolute atomic E-state index is 11.6. The summed E-state index contributed by atoms with van der Waals surface area (Å²) < 4.78 is 5.46. The smallest absolute Gasteiger partial charge is 0.315 e. The highest BCUT2D eigenvalue weighted by Crippen LogP contribution is 2.25. The minimum atomic E-state index is -0.185. The zero-order chi connectivity index (χ0) is 14.4. The predicted octanol–water partition coefficient (Wildman–Crippen LogP) is 1.23. The van der Waals surface area contributed by atoms with Gasteiger partial charge in [-0.3, -0.25) is 0 Å². The van der Waals surface area contributed by atoms with Gasteiger partial charge in [-0.2, -0.15) is 0 Å². The molecular formula is C15H22N2O3. The molecule has 1 aromatic carbocycles. The normalized spacial score (nSPS) is 14.3. The second-order valence-electron chi connectivity index (χ2n) is 5.10. The molecule has 0 radical (unpaired) electrons. The molecule has 0 fully saturated rings. The van der Waals surface area contributed by atoms with Crippen LogP contribution in [0.25, 0.3) is 0 Å². The fraction of sp³-hybridized carbons (Fsp3) is 0.533. The molecule has 20 heavy (non-hydrogen) atoms. The van der Waals surface area contributed by atoms with Crippen LogP contribution in [-0.4, -0.2) is 36.9 Å². The molecular weight excluding hydrogens is 256 g/mol. The van der Waals surface area contributed by atoms with Gasteiger partial charge in [-0.25, -0.2) is 4.79 Å². The summed E-state index contributed by atoms with van der Waals surface area (Å²) in [7, 11) is 0. The maximum Gasteiger partial charge on any atom is 0.315 e. The summed E-state index contributed by atoms with van der Waals surface area (Å²) in [6.45, 7) is 3.31. The molecule has 0 aromatic heterocycles. The molecule has 0 saturated carbocycles. The lowest BCUT2D eigenvalue weighted by atomic mass is 10.1. The van der Waals surface area contributed by atoms with Crippen LogP contribution in [0.2, 0.25) is 0 Å². The van der Waals surface area contributed by atoms with E-state index in [0.717, 1.165) is 25.2 Å². The highest BCUT2D eigenvalue weighted by atomic mass is 16.5. The van der Waals surface area contributed by atoms with E-state index in [1.165, 1.54) is 11.1 Å². The molecule has 0 unspecified atom stereocenters. The topological polar surface area (TPSA) is 70.6 Å². The molecule has 1 aliphatic heterocycles. The molecule has 0 spiro atoms. The SMILES string of the molecule is C[C@H](CCO)NC(=O)NCCc1ccc2c(c1)CCO2. The van der Waals surface area contributed by atoms with Crippen molar-refractivity contribution in [2.75, 3.05) is 19.8 Å². The first-order valence-electron chi connectivity index (χ1n) is 7.09. The number of aliphatic hydroxyl groups is 1. The molecule has 2 amide bonds. The second-order valence-corrected chi connectivity index (χ2v) is 5.10. The molecule has 0 saturated heterocycles. The van der Waals surface area contributed by atoms with E-state index in [-0.39, 0.29) is 18.7 Å². The van der Waals surface area contributed by atoms with Crippen LogP contribution in [0.4, 0.5) is 4.79 Å². The van der Waals surface area contributed by atoms with Crippen molar-refractivity contribution < 1.29 is 14.6 Å². The number of hydrogen-bond acceptors (Lipinski definition) is 3. The van der Waals surface area contributed by atoms with Gasteiger partial charge < -0.3 is 20.5 Å². The third-order valence-corrected chi connectivity index (χ3v) is 3.39. The lowest BCUT2D eigenvalue weighted by molar-refractivity contribution is 0.231. The average molecular weight is 278 g/mol. The van der Waals surface area contributed by atoms with Gasteiger partial charge in [-0.05, 0) is 37.0 Å². The quantitative estimate of drug-likeness (QED) is 0.733. The minimum Gasteiger partial charge on any atom is -0.493 e. The van der Waals surface area contributed by atoms with Crippen LogP contribution in [0.15, 0.2) is 18.2 Å². The number of ether oxygens (including phenoxy) is 1. The van der Waals surface area contributed by atoms with Crippen molar-refractivity contribution in [1.82, 2.24) is 10.6 Å². The third-order valence-electron chi connectivity index (χ3n) is 3.39. The summed E-state index contributed by atoms with van der Waals surface area (Å²) in [5.41, 5.74) is 2.46. The van der Waals surface area contributed by atoms with Gasteiger partial charge in [0, 0.05) is 25.6 Å². The Hall–Kier alpha value is -1.75. The van der Waals surface area contributed by atoms with Crippen molar-refractivity contribution in [3.8, 4) is 5.75 Å². The first-order chi connectivity index (χ1) is 9.69. The highest BCUT2D eigenvalue weighted by Gasteiger charge is 2.12. The van der Waals surface area contributed by atoms with Crippen LogP contribution in [0.3, 0.4) is 0 Å². The number of carbonyl (C=O) groups is 1. The van der Waals surface area contributed by atoms with Gasteiger partial charge >= 0.3 is 6.03 Å². The predicted molar refractivity (Wildman–Crippen MR) is 77.0 cm³/mol. The molecule has 1 aromatic rings. The molecule has 5 nitrogen and oxygen atoms in total. The van der Waals surface area contributed by atoms with Gasteiger partial charge in [0.2, 0.25) is 0 Å². The third kappa shape index (κ3) is 4.13. The van der Waals surface area contributed by atoms with Gasteiger partial charge in [0.05, 0.1) is 6.61 Å². The van der Waals surface area contributed by atoms with Crippen molar-refractivity contribution in [2.24, 2.45) is 0 Å². The fourth-order valence-corrected chi connectivity index (χ4v) is 2.26. The van der Waals surface area contributed by atoms with Crippen LogP contribution >= 0.6 is 0 Å². The summed E-state index contributed by atoms with van der Waals surface area (Å²) in [6.07, 6.45) is 2.34. The van der Waals surface area contributed by atoms with E-state index in [1.54, 1.807) is 0 Å². The van der Waals surface area contributed by atoms with Crippen molar-refractivity contribution in [1.29, 1.82) is 0 Å². The summed E-state index contributed by atoms with van der Waals surface area (Å²) in [4.78, 5) is 11.6. The molecule has 1 atom stereocenters. The molecule has 0 aliphatic carbocycles. The fourth-order valence-electron chi connectivity index (χ4n) is 2.26. The van der Waals surface area contributed by atoms with Crippen molar-refractivity contribution in [3.05, 3.63) is 29.3 Å². The molecule has 5 heteroatoms. The van der Waals surface area contributed by atoms with E-state index >= 15 is 0 Å². The molecule has 3 N–H and O–H groups in total. The summed E-state index contributed by atoms with van der Waals surface area (Å²) in [5, 5.41) is 14.4. The number of carbonyl (C=O) groups excluding carboxylic acids is 1. The van der Waals surface area contributed by atoms with E-state index in [2.05, 4.69) is 16.7 Å². The van der Waals surface area contributed by atoms with Crippen molar-refractivity contribution in [2.45, 2.75) is 32.2 Å². The first-order valence-corrected chi connectivity index (χ1v) is 7.09. The van der Waals surface area contributed by atoms with E-state index in [9.17, 15) is 4.79 Å². The van der Waals surface area contributed by atoms with E-state index < -0.39 is 0 Å². The Bertz CT molecular complexity index is 462. The molecule has 0 bridgehead atoms. The Kier molecular flexibility index (Phi) is 5.24. The first kappa shape index (κ1) is 14.7. The van der Waals surface area contributed by atoms with E-state index in [4.69, 9.17) is 9.84 Å². The van der Waals surface area contributed by atoms with E-state index in [0.29, 0.717) is 13.0 Å². The van der Waals surface area contributed by atoms with Gasteiger partial charge in [-0.15, -0.1) is 0 Å². The number of benzene rings is 1. The lowest BCUT2D eigenvalue weighted by Gasteiger charge is -2.13. The largest absolute Gasteiger partial charge is 0.493 e. The number of rotatable bonds is 6. The Morgan fingerprint density at radius 1 is 1.50 bits per heavy atom. The van der Waals surface area contributed by atoms with Crippen LogP contribution in [0.1, 0.15) is 24.5 Å². The average Bonchev–Trinajstić information content (AvgIpc) is 2.86. The summed E-state index contributed by atoms with van der Waals surface area (Å²) >= 11 is 0. The molecule has 1 aliphatic rings. The summed E-state index contributed by atoms with van der Waals surface area (Å²) in [5.74, 6) is 0.984. The van der Waals surface area contributed by atoms with Crippen molar-refractivity contribution in [3.63, 3.8) is 0 Å². The standard InChI is InChI=1S/C15H22N2O3/c1-11(5-8-18)17-15(19)16-7-4-12-2-3-14-13(10-12)6-9-20-14/h2-3,10-11,18H,4-9H2,1H3,(H2,16,17,19)/t11-/m1/s1. The number of nitrogens with one attached hydrogen (secondary N) is 2. The number of aliphatic hydroxyl groups excluding tert-OH is 1. The lowest BCUT2D eigenvalue weighted by Crippen LogP contribution is -2.41. The highest BCUT2D eigenvalue weighted by molar-refractivity contribution is 5.74. The van der Waals surface area contributed by atoms with Crippen LogP contribution in [-0.2, 0) is 12.8 Å². The Balaban J connectivity index is 1.71. The number of amides is 2. The van der Waals surface area contributed by atoms with Gasteiger partial charge in [-0.1, -0.05) is 12.1 Å². The number of hydrogen-bond donors (Lipinski definition) is 3. The zero-order valence-electron chi connectivity index (χ0n) is 11.8. The molecule has 1 heterocycles. The molecule has 110 valence electrons. The van der Waals surface area contributed by atoms with Crippen LogP contribution in [0, 0.1) is 0 Å². The number of urea groups is 1. The van der Waals surface area contributed by atoms with Crippen LogP contribution in [0.5, 0.6) is 5.75 Å². The van der Waals surface area contributed by atoms with Gasteiger partial charge in [0.25, 0.3) is 0 Å². The van der Waals surface area contributed by atoms with Crippen molar-refractivity contribution >= 4 is 6.03 Å². The van der Waals surface area contributed by atoms with Crippen LogP contribution < -0.4 is 15.4 Å². The number of fused-ring (bicyclic) bond motifs is 1. The second kappa shape index (κ2) is 7.14. The Labute approximate surface area is 119 Å². The Morgan fingerprint density at radius 2 is 2.35 bits per heavy atom.